The molecule has 0 fully saturated rings. The lowest BCUT2D eigenvalue weighted by Gasteiger charge is -2.12. The summed E-state index contributed by atoms with van der Waals surface area (Å²) in [4.78, 5) is 12.3. The number of benzene rings is 3. The molecule has 0 N–H and O–H groups in total. The monoisotopic (exact) mass is 366 g/mol. The molecule has 1 aliphatic heterocycles. The van der Waals surface area contributed by atoms with E-state index in [2.05, 4.69) is 0 Å². The van der Waals surface area contributed by atoms with Gasteiger partial charge in [0.05, 0.1) is 5.56 Å². The molecular weight excluding hydrogens is 355 g/mol. The van der Waals surface area contributed by atoms with Gasteiger partial charge in [0.2, 0.25) is 0 Å². The number of fused-ring (bicyclic) bond motifs is 1. The Bertz CT molecular complexity index is 940. The average molecular weight is 367 g/mol. The fourth-order valence-electron chi connectivity index (χ4n) is 2.91. The van der Waals surface area contributed by atoms with Gasteiger partial charge in [-0.1, -0.05) is 65.7 Å². The van der Waals surface area contributed by atoms with Gasteiger partial charge in [0.15, 0.2) is 0 Å². The largest absolute Gasteiger partial charge is 0.422 e. The Hall–Kier alpha value is -2.55. The zero-order chi connectivity index (χ0) is 17.4. The minimum Gasteiger partial charge on any atom is -0.422 e. The van der Waals surface area contributed by atoms with Crippen LogP contribution in [-0.2, 0) is 4.74 Å². The lowest BCUT2D eigenvalue weighted by molar-refractivity contribution is 0.0716. The van der Waals surface area contributed by atoms with Gasteiger partial charge in [0, 0.05) is 21.2 Å². The summed E-state index contributed by atoms with van der Waals surface area (Å²) in [7, 11) is 0. The molecule has 0 aromatic heterocycles. The summed E-state index contributed by atoms with van der Waals surface area (Å²) >= 11 is 12.1. The molecule has 0 aliphatic carbocycles. The molecule has 0 bridgehead atoms. The van der Waals surface area contributed by atoms with E-state index in [0.29, 0.717) is 21.4 Å². The first-order chi connectivity index (χ1) is 12.1. The van der Waals surface area contributed by atoms with Crippen molar-refractivity contribution in [2.75, 3.05) is 0 Å². The van der Waals surface area contributed by atoms with Crippen LogP contribution in [0.5, 0.6) is 0 Å². The number of carbonyl (C=O) groups is 1. The summed E-state index contributed by atoms with van der Waals surface area (Å²) in [5.41, 5.74) is 3.99. The van der Waals surface area contributed by atoms with Crippen LogP contribution >= 0.6 is 23.2 Å². The minimum absolute atomic E-state index is 0.342. The molecule has 0 spiro atoms. The van der Waals surface area contributed by atoms with E-state index in [0.717, 1.165) is 22.3 Å². The lowest BCUT2D eigenvalue weighted by atomic mass is 9.94. The van der Waals surface area contributed by atoms with Crippen LogP contribution in [0.2, 0.25) is 10.0 Å². The van der Waals surface area contributed by atoms with Crippen molar-refractivity contribution < 1.29 is 9.53 Å². The standard InChI is InChI=1S/C21H12Cl2O2/c22-15-9-5-13(6-10-15)19(14-7-11-16(23)12-8-14)20-17-3-1-2-4-18(17)21(24)25-20/h1-12H. The number of ether oxygens (including phenoxy) is 1. The molecule has 25 heavy (non-hydrogen) atoms. The summed E-state index contributed by atoms with van der Waals surface area (Å²) in [6.45, 7) is 0. The molecule has 122 valence electrons. The molecule has 0 saturated heterocycles. The van der Waals surface area contributed by atoms with Gasteiger partial charge in [-0.15, -0.1) is 0 Å². The highest BCUT2D eigenvalue weighted by Crippen LogP contribution is 2.39. The second-order valence-corrected chi connectivity index (χ2v) is 6.53. The lowest BCUT2D eigenvalue weighted by Crippen LogP contribution is -1.96. The van der Waals surface area contributed by atoms with Crippen LogP contribution in [0.15, 0.2) is 72.8 Å². The molecule has 0 atom stereocenters. The smallest absolute Gasteiger partial charge is 0.344 e. The van der Waals surface area contributed by atoms with Gasteiger partial charge in [-0.25, -0.2) is 4.79 Å². The van der Waals surface area contributed by atoms with Crippen molar-refractivity contribution in [3.05, 3.63) is 105 Å². The van der Waals surface area contributed by atoms with Crippen molar-refractivity contribution >= 4 is 40.5 Å². The Labute approximate surface area is 155 Å². The molecule has 4 heteroatoms. The van der Waals surface area contributed by atoms with E-state index >= 15 is 0 Å². The Morgan fingerprint density at radius 2 is 1.16 bits per heavy atom. The van der Waals surface area contributed by atoms with Crippen LogP contribution in [0.4, 0.5) is 0 Å². The Morgan fingerprint density at radius 1 is 0.680 bits per heavy atom. The molecule has 1 heterocycles. The van der Waals surface area contributed by atoms with Crippen LogP contribution in [0.25, 0.3) is 11.3 Å². The Morgan fingerprint density at radius 3 is 1.68 bits per heavy atom. The van der Waals surface area contributed by atoms with Gasteiger partial charge in [0.1, 0.15) is 5.76 Å². The van der Waals surface area contributed by atoms with Gasteiger partial charge in [-0.05, 0) is 41.5 Å². The number of cyclic esters (lactones) is 1. The number of carbonyl (C=O) groups excluding carboxylic acids is 1. The van der Waals surface area contributed by atoms with Crippen LogP contribution in [-0.4, -0.2) is 5.97 Å². The molecular formula is C21H12Cl2O2. The van der Waals surface area contributed by atoms with Crippen LogP contribution in [0.3, 0.4) is 0 Å². The first-order valence-corrected chi connectivity index (χ1v) is 8.47. The van der Waals surface area contributed by atoms with E-state index in [9.17, 15) is 4.79 Å². The van der Waals surface area contributed by atoms with Crippen LogP contribution in [0.1, 0.15) is 27.0 Å². The van der Waals surface area contributed by atoms with Gasteiger partial charge in [-0.3, -0.25) is 0 Å². The first kappa shape index (κ1) is 15.9. The van der Waals surface area contributed by atoms with E-state index < -0.39 is 0 Å². The van der Waals surface area contributed by atoms with E-state index in [1.807, 2.05) is 66.7 Å². The third kappa shape index (κ3) is 2.95. The predicted molar refractivity (Wildman–Crippen MR) is 101 cm³/mol. The second kappa shape index (κ2) is 6.40. The summed E-state index contributed by atoms with van der Waals surface area (Å²) in [6.07, 6.45) is 0. The third-order valence-electron chi connectivity index (χ3n) is 4.08. The Kier molecular flexibility index (Phi) is 4.08. The van der Waals surface area contributed by atoms with Gasteiger partial charge >= 0.3 is 5.97 Å². The highest BCUT2D eigenvalue weighted by atomic mass is 35.5. The molecule has 1 aliphatic rings. The molecule has 0 saturated carbocycles. The second-order valence-electron chi connectivity index (χ2n) is 5.65. The zero-order valence-electron chi connectivity index (χ0n) is 13.0. The fraction of sp³-hybridized carbons (Fsp3) is 0. The quantitative estimate of drug-likeness (QED) is 0.513. The zero-order valence-corrected chi connectivity index (χ0v) is 14.5. The normalized spacial score (nSPS) is 12.7. The molecule has 3 aromatic carbocycles. The topological polar surface area (TPSA) is 26.3 Å². The van der Waals surface area contributed by atoms with E-state index in [1.54, 1.807) is 6.07 Å². The number of esters is 1. The molecule has 3 aromatic rings. The van der Waals surface area contributed by atoms with Crippen molar-refractivity contribution in [3.63, 3.8) is 0 Å². The van der Waals surface area contributed by atoms with Crippen molar-refractivity contribution in [3.8, 4) is 0 Å². The number of rotatable bonds is 2. The van der Waals surface area contributed by atoms with E-state index in [1.165, 1.54) is 0 Å². The first-order valence-electron chi connectivity index (χ1n) is 7.71. The summed E-state index contributed by atoms with van der Waals surface area (Å²) in [5, 5.41) is 1.29. The highest BCUT2D eigenvalue weighted by Gasteiger charge is 2.29. The van der Waals surface area contributed by atoms with Crippen molar-refractivity contribution in [1.29, 1.82) is 0 Å². The number of hydrogen-bond acceptors (Lipinski definition) is 2. The van der Waals surface area contributed by atoms with E-state index in [4.69, 9.17) is 27.9 Å². The Balaban J connectivity index is 2.00. The molecule has 2 nitrogen and oxygen atoms in total. The van der Waals surface area contributed by atoms with Crippen molar-refractivity contribution in [2.45, 2.75) is 0 Å². The predicted octanol–water partition coefficient (Wildman–Crippen LogP) is 6.08. The summed E-state index contributed by atoms with van der Waals surface area (Å²) in [6, 6.07) is 22.3. The van der Waals surface area contributed by atoms with Crippen LogP contribution < -0.4 is 0 Å². The summed E-state index contributed by atoms with van der Waals surface area (Å²) in [5.74, 6) is 0.205. The SMILES string of the molecule is O=C1OC(=C(c2ccc(Cl)cc2)c2ccc(Cl)cc2)c2ccccc21. The fourth-order valence-corrected chi connectivity index (χ4v) is 3.16. The maximum atomic E-state index is 12.3. The molecule has 0 amide bonds. The third-order valence-corrected chi connectivity index (χ3v) is 4.58. The van der Waals surface area contributed by atoms with Gasteiger partial charge in [0.25, 0.3) is 0 Å². The minimum atomic E-state index is -0.342. The van der Waals surface area contributed by atoms with Gasteiger partial charge < -0.3 is 4.74 Å². The average Bonchev–Trinajstić information content (AvgIpc) is 2.96. The maximum absolute atomic E-state index is 12.3. The van der Waals surface area contributed by atoms with Crippen molar-refractivity contribution in [2.24, 2.45) is 0 Å². The van der Waals surface area contributed by atoms with Crippen LogP contribution in [0, 0.1) is 0 Å². The number of halogens is 2. The molecule has 0 radical (unpaired) electrons. The highest BCUT2D eigenvalue weighted by molar-refractivity contribution is 6.31. The molecule has 0 unspecified atom stereocenters. The van der Waals surface area contributed by atoms with Crippen molar-refractivity contribution in [1.82, 2.24) is 0 Å². The van der Waals surface area contributed by atoms with Gasteiger partial charge in [-0.2, -0.15) is 0 Å². The maximum Gasteiger partial charge on any atom is 0.344 e. The number of hydrogen-bond donors (Lipinski definition) is 0. The van der Waals surface area contributed by atoms with E-state index in [-0.39, 0.29) is 5.97 Å². The molecule has 4 rings (SSSR count). The summed E-state index contributed by atoms with van der Waals surface area (Å²) < 4.78 is 5.64.